The maximum absolute atomic E-state index is 10.6. The van der Waals surface area contributed by atoms with Crippen molar-refractivity contribution in [1.82, 2.24) is 0 Å². The molecule has 1 aromatic rings. The number of hydrogen-bond acceptors (Lipinski definition) is 2. The first-order valence-corrected chi connectivity index (χ1v) is 3.94. The van der Waals surface area contributed by atoms with Crippen molar-refractivity contribution in [3.63, 3.8) is 0 Å². The lowest BCUT2D eigenvalue weighted by Gasteiger charge is -2.10. The van der Waals surface area contributed by atoms with Crippen LogP contribution < -0.4 is 16.8 Å². The third-order valence-corrected chi connectivity index (χ3v) is 1.80. The van der Waals surface area contributed by atoms with Gasteiger partial charge in [0.1, 0.15) is 0 Å². The molecular weight excluding hydrogens is 166 g/mol. The zero-order valence-corrected chi connectivity index (χ0v) is 7.72. The molecule has 0 heterocycles. The van der Waals surface area contributed by atoms with E-state index in [2.05, 4.69) is 5.32 Å². The highest BCUT2D eigenvalue weighted by Gasteiger charge is 2.04. The largest absolute Gasteiger partial charge is 0.399 e. The maximum Gasteiger partial charge on any atom is 0.316 e. The predicted molar refractivity (Wildman–Crippen MR) is 53.5 cm³/mol. The third kappa shape index (κ3) is 2.11. The average molecular weight is 179 g/mol. The van der Waals surface area contributed by atoms with Crippen molar-refractivity contribution in [2.75, 3.05) is 11.1 Å². The van der Waals surface area contributed by atoms with Gasteiger partial charge in [-0.15, -0.1) is 0 Å². The van der Waals surface area contributed by atoms with E-state index in [4.69, 9.17) is 11.5 Å². The molecule has 0 atom stereocenters. The summed E-state index contributed by atoms with van der Waals surface area (Å²) in [5.41, 5.74) is 13.9. The van der Waals surface area contributed by atoms with Gasteiger partial charge in [-0.1, -0.05) is 0 Å². The Balaban J connectivity index is 3.13. The van der Waals surface area contributed by atoms with Gasteiger partial charge in [0, 0.05) is 11.4 Å². The molecule has 4 nitrogen and oxygen atoms in total. The number of rotatable bonds is 1. The van der Waals surface area contributed by atoms with E-state index in [9.17, 15) is 4.79 Å². The number of nitrogens with one attached hydrogen (secondary N) is 1. The van der Waals surface area contributed by atoms with Crippen LogP contribution in [0.15, 0.2) is 12.1 Å². The fraction of sp³-hybridized carbons (Fsp3) is 0.222. The van der Waals surface area contributed by atoms with Crippen LogP contribution in [0.25, 0.3) is 0 Å². The van der Waals surface area contributed by atoms with Crippen LogP contribution in [0.2, 0.25) is 0 Å². The monoisotopic (exact) mass is 179 g/mol. The lowest BCUT2D eigenvalue weighted by Crippen LogP contribution is -2.20. The van der Waals surface area contributed by atoms with E-state index < -0.39 is 6.03 Å². The molecule has 0 aliphatic rings. The highest BCUT2D eigenvalue weighted by molar-refractivity contribution is 5.90. The van der Waals surface area contributed by atoms with E-state index in [1.807, 2.05) is 13.8 Å². The van der Waals surface area contributed by atoms with Crippen LogP contribution in [-0.4, -0.2) is 6.03 Å². The number of anilines is 2. The Morgan fingerprint density at radius 1 is 1.31 bits per heavy atom. The predicted octanol–water partition coefficient (Wildman–Crippen LogP) is 1.38. The van der Waals surface area contributed by atoms with Crippen molar-refractivity contribution < 1.29 is 4.79 Å². The van der Waals surface area contributed by atoms with Gasteiger partial charge >= 0.3 is 6.03 Å². The molecule has 2 amide bonds. The molecule has 5 N–H and O–H groups in total. The highest BCUT2D eigenvalue weighted by atomic mass is 16.2. The Labute approximate surface area is 76.9 Å². The minimum absolute atomic E-state index is 0.559. The van der Waals surface area contributed by atoms with Gasteiger partial charge < -0.3 is 16.8 Å². The second-order valence-electron chi connectivity index (χ2n) is 3.02. The SMILES string of the molecule is Cc1cc(N)cc(C)c1NC(N)=O. The zero-order chi connectivity index (χ0) is 10.0. The summed E-state index contributed by atoms with van der Waals surface area (Å²) < 4.78 is 0. The Hall–Kier alpha value is -1.71. The number of benzene rings is 1. The van der Waals surface area contributed by atoms with Crippen LogP contribution in [0, 0.1) is 13.8 Å². The first-order valence-electron chi connectivity index (χ1n) is 3.94. The van der Waals surface area contributed by atoms with Crippen LogP contribution in [-0.2, 0) is 0 Å². The van der Waals surface area contributed by atoms with E-state index in [1.165, 1.54) is 0 Å². The van der Waals surface area contributed by atoms with Crippen molar-refractivity contribution in [3.8, 4) is 0 Å². The maximum atomic E-state index is 10.6. The van der Waals surface area contributed by atoms with Gasteiger partial charge in [0.15, 0.2) is 0 Å². The standard InChI is InChI=1S/C9H13N3O/c1-5-3-7(10)4-6(2)8(5)12-9(11)13/h3-4H,10H2,1-2H3,(H3,11,12,13). The van der Waals surface area contributed by atoms with E-state index in [1.54, 1.807) is 12.1 Å². The molecule has 0 bridgehead atoms. The fourth-order valence-corrected chi connectivity index (χ4v) is 1.32. The van der Waals surface area contributed by atoms with E-state index >= 15 is 0 Å². The Kier molecular flexibility index (Phi) is 2.41. The number of primary amides is 1. The number of carbonyl (C=O) groups excluding carboxylic acids is 1. The first-order chi connectivity index (χ1) is 6.00. The molecule has 0 aliphatic carbocycles. The summed E-state index contributed by atoms with van der Waals surface area (Å²) >= 11 is 0. The molecule has 0 saturated carbocycles. The van der Waals surface area contributed by atoms with Gasteiger partial charge in [-0.05, 0) is 37.1 Å². The lowest BCUT2D eigenvalue weighted by molar-refractivity contribution is 0.259. The lowest BCUT2D eigenvalue weighted by atomic mass is 10.1. The van der Waals surface area contributed by atoms with Gasteiger partial charge in [0.25, 0.3) is 0 Å². The number of nitrogen functional groups attached to an aromatic ring is 1. The molecule has 0 spiro atoms. The summed E-state index contributed by atoms with van der Waals surface area (Å²) in [6.45, 7) is 3.74. The van der Waals surface area contributed by atoms with Crippen LogP contribution in [0.3, 0.4) is 0 Å². The van der Waals surface area contributed by atoms with Gasteiger partial charge in [0.05, 0.1) is 0 Å². The second kappa shape index (κ2) is 3.35. The van der Waals surface area contributed by atoms with Crippen LogP contribution >= 0.6 is 0 Å². The fourth-order valence-electron chi connectivity index (χ4n) is 1.32. The Morgan fingerprint density at radius 2 is 1.77 bits per heavy atom. The number of urea groups is 1. The summed E-state index contributed by atoms with van der Waals surface area (Å²) in [5.74, 6) is 0. The molecule has 1 rings (SSSR count). The molecule has 0 aromatic heterocycles. The molecule has 4 heteroatoms. The summed E-state index contributed by atoms with van der Waals surface area (Å²) in [5, 5.41) is 2.55. The van der Waals surface area contributed by atoms with Crippen LogP contribution in [0.4, 0.5) is 16.2 Å². The smallest absolute Gasteiger partial charge is 0.316 e. The van der Waals surface area contributed by atoms with Crippen molar-refractivity contribution >= 4 is 17.4 Å². The van der Waals surface area contributed by atoms with E-state index in [0.717, 1.165) is 16.8 Å². The number of nitrogens with two attached hydrogens (primary N) is 2. The number of aryl methyl sites for hydroxylation is 2. The normalized spacial score (nSPS) is 9.69. The van der Waals surface area contributed by atoms with Crippen molar-refractivity contribution in [2.45, 2.75) is 13.8 Å². The molecule has 70 valence electrons. The topological polar surface area (TPSA) is 81.1 Å². The molecular formula is C9H13N3O. The van der Waals surface area contributed by atoms with E-state index in [0.29, 0.717) is 5.69 Å². The van der Waals surface area contributed by atoms with Crippen molar-refractivity contribution in [1.29, 1.82) is 0 Å². The van der Waals surface area contributed by atoms with Crippen molar-refractivity contribution in [3.05, 3.63) is 23.3 Å². The third-order valence-electron chi connectivity index (χ3n) is 1.80. The van der Waals surface area contributed by atoms with Gasteiger partial charge in [-0.3, -0.25) is 0 Å². The minimum Gasteiger partial charge on any atom is -0.399 e. The summed E-state index contributed by atoms with van der Waals surface area (Å²) in [6.07, 6.45) is 0. The van der Waals surface area contributed by atoms with E-state index in [-0.39, 0.29) is 0 Å². The highest BCUT2D eigenvalue weighted by Crippen LogP contribution is 2.22. The molecule has 0 fully saturated rings. The van der Waals surface area contributed by atoms with Crippen LogP contribution in [0.1, 0.15) is 11.1 Å². The molecule has 0 aliphatic heterocycles. The summed E-state index contributed by atoms with van der Waals surface area (Å²) in [4.78, 5) is 10.6. The van der Waals surface area contributed by atoms with Crippen molar-refractivity contribution in [2.24, 2.45) is 5.73 Å². The first kappa shape index (κ1) is 9.38. The summed E-state index contributed by atoms with van der Waals surface area (Å²) in [6, 6.07) is 3.02. The summed E-state index contributed by atoms with van der Waals surface area (Å²) in [7, 11) is 0. The molecule has 13 heavy (non-hydrogen) atoms. The molecule has 1 aromatic carbocycles. The van der Waals surface area contributed by atoms with Gasteiger partial charge in [-0.2, -0.15) is 0 Å². The average Bonchev–Trinajstić information content (AvgIpc) is 1.96. The Bertz CT molecular complexity index is 324. The quantitative estimate of drug-likeness (QED) is 0.569. The molecule has 0 unspecified atom stereocenters. The number of carbonyl (C=O) groups is 1. The second-order valence-corrected chi connectivity index (χ2v) is 3.02. The number of amides is 2. The molecule has 0 radical (unpaired) electrons. The zero-order valence-electron chi connectivity index (χ0n) is 7.72. The minimum atomic E-state index is -0.559. The van der Waals surface area contributed by atoms with Gasteiger partial charge in [-0.25, -0.2) is 4.79 Å². The molecule has 0 saturated heterocycles. The Morgan fingerprint density at radius 3 is 2.15 bits per heavy atom. The van der Waals surface area contributed by atoms with Crippen LogP contribution in [0.5, 0.6) is 0 Å². The number of hydrogen-bond donors (Lipinski definition) is 3. The van der Waals surface area contributed by atoms with Gasteiger partial charge in [0.2, 0.25) is 0 Å².